The average molecular weight is 449 g/mol. The van der Waals surface area contributed by atoms with Crippen molar-refractivity contribution < 1.29 is 0 Å². The lowest BCUT2D eigenvalue weighted by Gasteiger charge is -2.25. The summed E-state index contributed by atoms with van der Waals surface area (Å²) in [5, 5.41) is 4.57. The van der Waals surface area contributed by atoms with Crippen molar-refractivity contribution in [2.75, 3.05) is 26.0 Å². The molecule has 0 bridgehead atoms. The Morgan fingerprint density at radius 1 is 1.03 bits per heavy atom. The predicted molar refractivity (Wildman–Crippen MR) is 137 cm³/mol. The smallest absolute Gasteiger partial charge is 0.252 e. The minimum Gasteiger partial charge on any atom is -0.354 e. The summed E-state index contributed by atoms with van der Waals surface area (Å²) in [5.74, 6) is 0.526. The standard InChI is InChI=1S/C24H26N4OS.C2H6/c1-28(2)20(12-17-8-4-3-5-9-17)16-25-24-26-19(15-23(29)27-24)14-21-13-18-10-6-7-11-22(18)30-21;1-2/h3-11,13,15,20H,12,14,16H2,1-2H3,(H2,25,26,27,29);1-2H3/t20-;/m0./s1. The molecule has 2 aromatic carbocycles. The zero-order valence-electron chi connectivity index (χ0n) is 19.3. The molecule has 4 rings (SSSR count). The van der Waals surface area contributed by atoms with Crippen molar-refractivity contribution in [1.82, 2.24) is 14.9 Å². The summed E-state index contributed by atoms with van der Waals surface area (Å²) in [6.45, 7) is 4.69. The lowest BCUT2D eigenvalue weighted by atomic mass is 10.1. The van der Waals surface area contributed by atoms with Gasteiger partial charge in [0.1, 0.15) is 0 Å². The van der Waals surface area contributed by atoms with Gasteiger partial charge in [-0.2, -0.15) is 0 Å². The van der Waals surface area contributed by atoms with Crippen LogP contribution in [0.3, 0.4) is 0 Å². The predicted octanol–water partition coefficient (Wildman–Crippen LogP) is 5.19. The van der Waals surface area contributed by atoms with Gasteiger partial charge in [0, 0.05) is 34.7 Å². The molecular weight excluding hydrogens is 416 g/mol. The number of H-pyrrole nitrogens is 1. The number of nitrogens with one attached hydrogen (secondary N) is 2. The maximum absolute atomic E-state index is 12.2. The van der Waals surface area contributed by atoms with Crippen molar-refractivity contribution in [2.24, 2.45) is 0 Å². The van der Waals surface area contributed by atoms with Crippen LogP contribution >= 0.6 is 11.3 Å². The normalized spacial score (nSPS) is 11.8. The van der Waals surface area contributed by atoms with Crippen molar-refractivity contribution in [1.29, 1.82) is 0 Å². The zero-order chi connectivity index (χ0) is 22.9. The van der Waals surface area contributed by atoms with E-state index in [1.54, 1.807) is 17.4 Å². The molecule has 2 aromatic heterocycles. The van der Waals surface area contributed by atoms with Gasteiger partial charge in [-0.3, -0.25) is 9.78 Å². The number of likely N-dealkylation sites (N-methyl/N-ethyl adjacent to an activating group) is 1. The van der Waals surface area contributed by atoms with E-state index in [2.05, 4.69) is 76.7 Å². The molecule has 2 N–H and O–H groups in total. The average Bonchev–Trinajstić information content (AvgIpc) is 3.20. The Hall–Kier alpha value is -2.96. The number of aromatic amines is 1. The minimum atomic E-state index is -0.131. The summed E-state index contributed by atoms with van der Waals surface area (Å²) >= 11 is 1.75. The Labute approximate surface area is 194 Å². The van der Waals surface area contributed by atoms with Crippen molar-refractivity contribution in [2.45, 2.75) is 32.7 Å². The van der Waals surface area contributed by atoms with Crippen LogP contribution in [0, 0.1) is 0 Å². The third kappa shape index (κ3) is 6.52. The van der Waals surface area contributed by atoms with E-state index in [9.17, 15) is 4.79 Å². The molecule has 4 aromatic rings. The van der Waals surface area contributed by atoms with Crippen LogP contribution in [-0.2, 0) is 12.8 Å². The van der Waals surface area contributed by atoms with Crippen molar-refractivity contribution in [3.63, 3.8) is 0 Å². The van der Waals surface area contributed by atoms with Gasteiger partial charge in [-0.05, 0) is 43.6 Å². The molecule has 0 aliphatic heterocycles. The number of nitrogens with zero attached hydrogens (tertiary/aromatic N) is 2. The second-order valence-electron chi connectivity index (χ2n) is 7.70. The van der Waals surface area contributed by atoms with Crippen LogP contribution in [0.1, 0.15) is 30.0 Å². The van der Waals surface area contributed by atoms with Gasteiger partial charge < -0.3 is 10.2 Å². The first-order chi connectivity index (χ1) is 15.6. The van der Waals surface area contributed by atoms with Gasteiger partial charge in [0.15, 0.2) is 0 Å². The minimum absolute atomic E-state index is 0.131. The highest BCUT2D eigenvalue weighted by atomic mass is 32.1. The molecular formula is C26H32N4OS. The third-order valence-corrected chi connectivity index (χ3v) is 6.29. The zero-order valence-corrected chi connectivity index (χ0v) is 20.1. The van der Waals surface area contributed by atoms with Crippen LogP contribution in [-0.4, -0.2) is 41.5 Å². The number of thiophene rings is 1. The molecule has 0 aliphatic rings. The van der Waals surface area contributed by atoms with Crippen molar-refractivity contribution >= 4 is 27.4 Å². The van der Waals surface area contributed by atoms with E-state index in [-0.39, 0.29) is 11.6 Å². The molecule has 0 fully saturated rings. The number of rotatable bonds is 8. The molecule has 168 valence electrons. The maximum atomic E-state index is 12.2. The fourth-order valence-electron chi connectivity index (χ4n) is 3.52. The topological polar surface area (TPSA) is 61.0 Å². The van der Waals surface area contributed by atoms with Gasteiger partial charge in [-0.15, -0.1) is 11.3 Å². The summed E-state index contributed by atoms with van der Waals surface area (Å²) in [5.41, 5.74) is 1.93. The van der Waals surface area contributed by atoms with Crippen molar-refractivity contribution in [3.05, 3.63) is 93.2 Å². The molecule has 0 radical (unpaired) electrons. The molecule has 0 unspecified atom stereocenters. The van der Waals surface area contributed by atoms with Gasteiger partial charge in [0.2, 0.25) is 5.95 Å². The fourth-order valence-corrected chi connectivity index (χ4v) is 4.60. The molecule has 0 saturated heterocycles. The Balaban J connectivity index is 0.00000141. The monoisotopic (exact) mass is 448 g/mol. The number of hydrogen-bond acceptors (Lipinski definition) is 5. The molecule has 0 saturated carbocycles. The summed E-state index contributed by atoms with van der Waals surface area (Å²) < 4.78 is 1.26. The largest absolute Gasteiger partial charge is 0.354 e. The highest BCUT2D eigenvalue weighted by Crippen LogP contribution is 2.26. The van der Waals surface area contributed by atoms with E-state index in [4.69, 9.17) is 0 Å². The van der Waals surface area contributed by atoms with Gasteiger partial charge >= 0.3 is 0 Å². The van der Waals surface area contributed by atoms with Gasteiger partial charge in [-0.25, -0.2) is 4.98 Å². The lowest BCUT2D eigenvalue weighted by Crippen LogP contribution is -2.37. The number of fused-ring (bicyclic) bond motifs is 1. The van der Waals surface area contributed by atoms with E-state index in [0.29, 0.717) is 18.9 Å². The van der Waals surface area contributed by atoms with E-state index in [1.807, 2.05) is 32.0 Å². The van der Waals surface area contributed by atoms with Crippen LogP contribution in [0.25, 0.3) is 10.1 Å². The van der Waals surface area contributed by atoms with Gasteiger partial charge in [-0.1, -0.05) is 62.4 Å². The Morgan fingerprint density at radius 2 is 1.75 bits per heavy atom. The summed E-state index contributed by atoms with van der Waals surface area (Å²) in [7, 11) is 4.15. The molecule has 6 heteroatoms. The molecule has 0 spiro atoms. The molecule has 5 nitrogen and oxygen atoms in total. The first kappa shape index (κ1) is 23.7. The molecule has 1 atom stereocenters. The SMILES string of the molecule is CC.CN(C)[C@H](CNc1nc(Cc2cc3ccccc3s2)cc(=O)[nH]1)Cc1ccccc1. The fraction of sp³-hybridized carbons (Fsp3) is 0.308. The lowest BCUT2D eigenvalue weighted by molar-refractivity contribution is 0.303. The van der Waals surface area contributed by atoms with E-state index < -0.39 is 0 Å². The number of anilines is 1. The highest BCUT2D eigenvalue weighted by molar-refractivity contribution is 7.19. The summed E-state index contributed by atoms with van der Waals surface area (Å²) in [6.07, 6.45) is 1.58. The van der Waals surface area contributed by atoms with E-state index in [1.165, 1.54) is 20.5 Å². The second-order valence-corrected chi connectivity index (χ2v) is 8.87. The highest BCUT2D eigenvalue weighted by Gasteiger charge is 2.13. The quantitative estimate of drug-likeness (QED) is 0.390. The Bertz CT molecular complexity index is 1130. The Morgan fingerprint density at radius 3 is 2.47 bits per heavy atom. The summed E-state index contributed by atoms with van der Waals surface area (Å²) in [4.78, 5) is 23.1. The maximum Gasteiger partial charge on any atom is 0.252 e. The van der Waals surface area contributed by atoms with Crippen LogP contribution < -0.4 is 10.9 Å². The Kier molecular flexibility index (Phi) is 8.59. The molecule has 32 heavy (non-hydrogen) atoms. The summed E-state index contributed by atoms with van der Waals surface area (Å²) in [6, 6.07) is 22.8. The van der Waals surface area contributed by atoms with Gasteiger partial charge in [0.25, 0.3) is 5.56 Å². The van der Waals surface area contributed by atoms with E-state index >= 15 is 0 Å². The molecule has 0 aliphatic carbocycles. The molecule has 2 heterocycles. The van der Waals surface area contributed by atoms with Crippen LogP contribution in [0.5, 0.6) is 0 Å². The van der Waals surface area contributed by atoms with Crippen LogP contribution in [0.4, 0.5) is 5.95 Å². The number of benzene rings is 2. The number of aromatic nitrogens is 2. The van der Waals surface area contributed by atoms with E-state index in [0.717, 1.165) is 12.1 Å². The van der Waals surface area contributed by atoms with Crippen LogP contribution in [0.2, 0.25) is 0 Å². The number of hydrogen-bond donors (Lipinski definition) is 2. The first-order valence-corrected chi connectivity index (χ1v) is 11.9. The van der Waals surface area contributed by atoms with Crippen LogP contribution in [0.15, 0.2) is 71.5 Å². The second kappa shape index (κ2) is 11.6. The third-order valence-electron chi connectivity index (χ3n) is 5.18. The molecule has 0 amide bonds. The van der Waals surface area contributed by atoms with Gasteiger partial charge in [0.05, 0.1) is 5.69 Å². The van der Waals surface area contributed by atoms with Crippen molar-refractivity contribution in [3.8, 4) is 0 Å². The first-order valence-electron chi connectivity index (χ1n) is 11.1.